The van der Waals surface area contributed by atoms with Crippen molar-refractivity contribution in [2.75, 3.05) is 0 Å². The van der Waals surface area contributed by atoms with Crippen LogP contribution in [0.15, 0.2) is 5.16 Å². The molecule has 0 aromatic heterocycles. The van der Waals surface area contributed by atoms with E-state index in [-0.39, 0.29) is 17.3 Å². The Hall–Kier alpha value is -1.26. The van der Waals surface area contributed by atoms with E-state index in [1.165, 1.54) is 0 Å². The normalized spacial score (nSPS) is 15.2. The van der Waals surface area contributed by atoms with E-state index in [9.17, 15) is 4.79 Å². The monoisotopic (exact) mass is 187 g/mol. The third-order valence-electron chi connectivity index (χ3n) is 1.45. The second kappa shape index (κ2) is 4.11. The van der Waals surface area contributed by atoms with Gasteiger partial charge in [-0.3, -0.25) is 4.79 Å². The van der Waals surface area contributed by atoms with Gasteiger partial charge in [0.2, 0.25) is 5.91 Å². The van der Waals surface area contributed by atoms with Crippen molar-refractivity contribution in [3.63, 3.8) is 0 Å². The maximum atomic E-state index is 11.4. The summed E-state index contributed by atoms with van der Waals surface area (Å²) in [5.74, 6) is -0.936. The minimum absolute atomic E-state index is 0.0817. The zero-order valence-corrected chi connectivity index (χ0v) is 8.46. The molecule has 76 valence electrons. The molecule has 0 spiro atoms. The molecular formula is C8H17N3O2. The fourth-order valence-electron chi connectivity index (χ4n) is 0.699. The molecule has 0 saturated heterocycles. The van der Waals surface area contributed by atoms with Gasteiger partial charge in [-0.25, -0.2) is 0 Å². The van der Waals surface area contributed by atoms with Gasteiger partial charge in [0.25, 0.3) is 0 Å². The highest BCUT2D eigenvalue weighted by Crippen LogP contribution is 2.02. The SMILES string of the molecule is CC(C(=O)NC(C)(C)C)/C(N)=N/O. The van der Waals surface area contributed by atoms with Crippen molar-refractivity contribution < 1.29 is 10.0 Å². The van der Waals surface area contributed by atoms with Crippen molar-refractivity contribution in [3.05, 3.63) is 0 Å². The predicted molar refractivity (Wildman–Crippen MR) is 50.5 cm³/mol. The molecule has 0 rings (SSSR count). The number of amidine groups is 1. The Morgan fingerprint density at radius 2 is 2.00 bits per heavy atom. The number of rotatable bonds is 2. The zero-order chi connectivity index (χ0) is 10.6. The first kappa shape index (κ1) is 11.7. The van der Waals surface area contributed by atoms with Crippen LogP contribution in [0.3, 0.4) is 0 Å². The van der Waals surface area contributed by atoms with Crippen molar-refractivity contribution in [1.82, 2.24) is 5.32 Å². The molecule has 0 aromatic carbocycles. The Balaban J connectivity index is 4.29. The van der Waals surface area contributed by atoms with Gasteiger partial charge in [0.1, 0.15) is 0 Å². The molecule has 0 radical (unpaired) electrons. The Labute approximate surface area is 78.0 Å². The lowest BCUT2D eigenvalue weighted by molar-refractivity contribution is -0.124. The molecule has 1 unspecified atom stereocenters. The summed E-state index contributed by atoms with van der Waals surface area (Å²) >= 11 is 0. The number of carbonyl (C=O) groups is 1. The van der Waals surface area contributed by atoms with Crippen LogP contribution in [0.1, 0.15) is 27.7 Å². The molecular weight excluding hydrogens is 170 g/mol. The molecule has 5 nitrogen and oxygen atoms in total. The first-order chi connectivity index (χ1) is 5.78. The third kappa shape index (κ3) is 4.35. The van der Waals surface area contributed by atoms with Crippen LogP contribution in [0.25, 0.3) is 0 Å². The van der Waals surface area contributed by atoms with E-state index < -0.39 is 5.92 Å². The lowest BCUT2D eigenvalue weighted by atomic mass is 10.1. The van der Waals surface area contributed by atoms with Gasteiger partial charge in [-0.15, -0.1) is 0 Å². The number of hydrogen-bond acceptors (Lipinski definition) is 3. The van der Waals surface area contributed by atoms with Gasteiger partial charge in [-0.2, -0.15) is 0 Å². The molecule has 0 aliphatic heterocycles. The Kier molecular flexibility index (Phi) is 3.71. The van der Waals surface area contributed by atoms with E-state index in [1.807, 2.05) is 20.8 Å². The van der Waals surface area contributed by atoms with Crippen LogP contribution in [-0.2, 0) is 4.79 Å². The molecule has 1 amide bonds. The molecule has 13 heavy (non-hydrogen) atoms. The van der Waals surface area contributed by atoms with Gasteiger partial charge in [0.15, 0.2) is 5.84 Å². The van der Waals surface area contributed by atoms with Crippen LogP contribution in [0, 0.1) is 5.92 Å². The molecule has 1 atom stereocenters. The summed E-state index contributed by atoms with van der Waals surface area (Å²) in [7, 11) is 0. The standard InChI is InChI=1S/C8H17N3O2/c1-5(6(9)11-13)7(12)10-8(2,3)4/h5,13H,1-4H3,(H2,9,11)(H,10,12). The van der Waals surface area contributed by atoms with Crippen molar-refractivity contribution in [2.45, 2.75) is 33.2 Å². The van der Waals surface area contributed by atoms with Crippen LogP contribution in [0.5, 0.6) is 0 Å². The summed E-state index contributed by atoms with van der Waals surface area (Å²) in [6, 6.07) is 0. The lowest BCUT2D eigenvalue weighted by Crippen LogP contribution is -2.46. The number of nitrogens with two attached hydrogens (primary N) is 1. The highest BCUT2D eigenvalue weighted by atomic mass is 16.4. The molecule has 0 aliphatic carbocycles. The molecule has 0 heterocycles. The van der Waals surface area contributed by atoms with Crippen LogP contribution in [0.4, 0.5) is 0 Å². The molecule has 0 bridgehead atoms. The molecule has 0 saturated carbocycles. The van der Waals surface area contributed by atoms with Crippen LogP contribution in [-0.4, -0.2) is 22.5 Å². The largest absolute Gasteiger partial charge is 0.409 e. The van der Waals surface area contributed by atoms with E-state index in [0.717, 1.165) is 0 Å². The highest BCUT2D eigenvalue weighted by molar-refractivity contribution is 6.01. The molecule has 0 aromatic rings. The highest BCUT2D eigenvalue weighted by Gasteiger charge is 2.21. The Morgan fingerprint density at radius 3 is 2.31 bits per heavy atom. The minimum Gasteiger partial charge on any atom is -0.409 e. The van der Waals surface area contributed by atoms with Gasteiger partial charge in [-0.1, -0.05) is 5.16 Å². The minimum atomic E-state index is -0.607. The van der Waals surface area contributed by atoms with Gasteiger partial charge >= 0.3 is 0 Å². The first-order valence-electron chi connectivity index (χ1n) is 4.07. The number of carbonyl (C=O) groups excluding carboxylic acids is 1. The summed E-state index contributed by atoms with van der Waals surface area (Å²) in [5.41, 5.74) is 4.97. The van der Waals surface area contributed by atoms with Crippen molar-refractivity contribution in [2.24, 2.45) is 16.8 Å². The molecule has 5 heteroatoms. The van der Waals surface area contributed by atoms with Crippen LogP contribution in [0.2, 0.25) is 0 Å². The second-order valence-corrected chi connectivity index (χ2v) is 3.99. The number of nitrogens with zero attached hydrogens (tertiary/aromatic N) is 1. The summed E-state index contributed by atoms with van der Waals surface area (Å²) in [5, 5.41) is 13.8. The Morgan fingerprint density at radius 1 is 1.54 bits per heavy atom. The fraction of sp³-hybridized carbons (Fsp3) is 0.750. The van der Waals surface area contributed by atoms with Crippen molar-refractivity contribution in [1.29, 1.82) is 0 Å². The van der Waals surface area contributed by atoms with Crippen molar-refractivity contribution in [3.8, 4) is 0 Å². The molecule has 0 aliphatic rings. The summed E-state index contributed by atoms with van der Waals surface area (Å²) in [4.78, 5) is 11.4. The smallest absolute Gasteiger partial charge is 0.230 e. The summed E-state index contributed by atoms with van der Waals surface area (Å²) < 4.78 is 0. The second-order valence-electron chi connectivity index (χ2n) is 3.99. The molecule has 4 N–H and O–H groups in total. The van der Waals surface area contributed by atoms with Gasteiger partial charge in [0, 0.05) is 5.54 Å². The van der Waals surface area contributed by atoms with E-state index >= 15 is 0 Å². The number of hydrogen-bond donors (Lipinski definition) is 3. The number of oxime groups is 1. The van der Waals surface area contributed by atoms with Crippen LogP contribution < -0.4 is 11.1 Å². The fourth-order valence-corrected chi connectivity index (χ4v) is 0.699. The maximum absolute atomic E-state index is 11.4. The maximum Gasteiger partial charge on any atom is 0.230 e. The summed E-state index contributed by atoms with van der Waals surface area (Å²) in [6.45, 7) is 7.17. The quantitative estimate of drug-likeness (QED) is 0.251. The average Bonchev–Trinajstić information content (AvgIpc) is 1.98. The zero-order valence-electron chi connectivity index (χ0n) is 8.46. The van der Waals surface area contributed by atoms with Crippen LogP contribution >= 0.6 is 0 Å². The molecule has 0 fully saturated rings. The lowest BCUT2D eigenvalue weighted by Gasteiger charge is -2.22. The van der Waals surface area contributed by atoms with E-state index in [2.05, 4.69) is 10.5 Å². The predicted octanol–water partition coefficient (Wildman–Crippen LogP) is 0.284. The van der Waals surface area contributed by atoms with E-state index in [4.69, 9.17) is 10.9 Å². The van der Waals surface area contributed by atoms with E-state index in [1.54, 1.807) is 6.92 Å². The summed E-state index contributed by atoms with van der Waals surface area (Å²) in [6.07, 6.45) is 0. The first-order valence-corrected chi connectivity index (χ1v) is 4.07. The average molecular weight is 187 g/mol. The van der Waals surface area contributed by atoms with Gasteiger partial charge in [-0.05, 0) is 27.7 Å². The van der Waals surface area contributed by atoms with Gasteiger partial charge in [0.05, 0.1) is 5.92 Å². The number of nitrogens with one attached hydrogen (secondary N) is 1. The van der Waals surface area contributed by atoms with Crippen molar-refractivity contribution >= 4 is 11.7 Å². The Bertz CT molecular complexity index is 218. The van der Waals surface area contributed by atoms with E-state index in [0.29, 0.717) is 0 Å². The topological polar surface area (TPSA) is 87.7 Å². The number of amides is 1. The third-order valence-corrected chi connectivity index (χ3v) is 1.45. The van der Waals surface area contributed by atoms with Gasteiger partial charge < -0.3 is 16.3 Å².